The zero-order chi connectivity index (χ0) is 18.4. The van der Waals surface area contributed by atoms with Crippen LogP contribution in [-0.2, 0) is 6.42 Å². The number of nitrogens with one attached hydrogen (secondary N) is 1. The average molecular weight is 351 g/mol. The maximum Gasteiger partial charge on any atom is 0.259 e. The normalized spacial score (nSPS) is 10.5. The fraction of sp³-hybridized carbons (Fsp3) is 0.250. The highest BCUT2D eigenvalue weighted by Gasteiger charge is 2.13. The van der Waals surface area contributed by atoms with Crippen LogP contribution in [0.5, 0.6) is 5.75 Å². The van der Waals surface area contributed by atoms with Gasteiger partial charge in [0.1, 0.15) is 5.75 Å². The van der Waals surface area contributed by atoms with Gasteiger partial charge in [0.05, 0.1) is 12.2 Å². The van der Waals surface area contributed by atoms with Gasteiger partial charge < -0.3 is 14.6 Å². The van der Waals surface area contributed by atoms with Crippen molar-refractivity contribution in [3.8, 4) is 17.2 Å². The molecule has 0 aliphatic rings. The van der Waals surface area contributed by atoms with Crippen molar-refractivity contribution in [1.82, 2.24) is 10.1 Å². The second-order valence-electron chi connectivity index (χ2n) is 5.75. The van der Waals surface area contributed by atoms with Crippen LogP contribution in [0.1, 0.15) is 36.5 Å². The summed E-state index contributed by atoms with van der Waals surface area (Å²) in [6.45, 7) is 4.56. The summed E-state index contributed by atoms with van der Waals surface area (Å²) < 4.78 is 10.9. The minimum absolute atomic E-state index is 0.212. The maximum atomic E-state index is 12.6. The van der Waals surface area contributed by atoms with Crippen LogP contribution in [0.3, 0.4) is 0 Å². The van der Waals surface area contributed by atoms with Crippen LogP contribution in [0.4, 0.5) is 5.69 Å². The Kier molecular flexibility index (Phi) is 5.63. The summed E-state index contributed by atoms with van der Waals surface area (Å²) >= 11 is 0. The third-order valence-corrected chi connectivity index (χ3v) is 3.77. The lowest BCUT2D eigenvalue weighted by Gasteiger charge is -2.11. The van der Waals surface area contributed by atoms with Crippen molar-refractivity contribution < 1.29 is 14.1 Å². The van der Waals surface area contributed by atoms with Crippen molar-refractivity contribution in [1.29, 1.82) is 0 Å². The summed E-state index contributed by atoms with van der Waals surface area (Å²) in [6, 6.07) is 14.5. The molecular weight excluding hydrogens is 330 g/mol. The molecule has 3 rings (SSSR count). The van der Waals surface area contributed by atoms with Gasteiger partial charge in [0.15, 0.2) is 5.82 Å². The second-order valence-corrected chi connectivity index (χ2v) is 5.75. The highest BCUT2D eigenvalue weighted by atomic mass is 16.5. The van der Waals surface area contributed by atoms with Gasteiger partial charge in [-0.15, -0.1) is 0 Å². The van der Waals surface area contributed by atoms with Crippen molar-refractivity contribution in [2.45, 2.75) is 26.7 Å². The molecule has 26 heavy (non-hydrogen) atoms. The molecule has 0 saturated carbocycles. The molecule has 0 unspecified atom stereocenters. The van der Waals surface area contributed by atoms with Gasteiger partial charge >= 0.3 is 0 Å². The first kappa shape index (κ1) is 17.7. The van der Waals surface area contributed by atoms with Gasteiger partial charge in [0.25, 0.3) is 11.8 Å². The SMILES string of the molecule is CCCOc1ccccc1C(=O)Nc1ccc(-c2nc(CC)no2)cc1. The molecule has 0 aliphatic carbocycles. The lowest BCUT2D eigenvalue weighted by molar-refractivity contribution is 0.102. The van der Waals surface area contributed by atoms with E-state index in [9.17, 15) is 4.79 Å². The number of rotatable bonds is 7. The molecule has 134 valence electrons. The predicted octanol–water partition coefficient (Wildman–Crippen LogP) is 4.34. The average Bonchev–Trinajstić information content (AvgIpc) is 3.16. The van der Waals surface area contributed by atoms with Crippen LogP contribution >= 0.6 is 0 Å². The first-order chi connectivity index (χ1) is 12.7. The number of carbonyl (C=O) groups excluding carboxylic acids is 1. The molecule has 1 aromatic heterocycles. The van der Waals surface area contributed by atoms with Crippen molar-refractivity contribution in [2.75, 3.05) is 11.9 Å². The van der Waals surface area contributed by atoms with E-state index in [-0.39, 0.29) is 5.91 Å². The molecule has 6 heteroatoms. The van der Waals surface area contributed by atoms with Gasteiger partial charge in [0.2, 0.25) is 0 Å². The first-order valence-corrected chi connectivity index (χ1v) is 8.67. The van der Waals surface area contributed by atoms with Crippen LogP contribution in [0.25, 0.3) is 11.5 Å². The van der Waals surface area contributed by atoms with E-state index in [1.165, 1.54) is 0 Å². The van der Waals surface area contributed by atoms with E-state index in [2.05, 4.69) is 15.5 Å². The molecule has 0 radical (unpaired) electrons. The highest BCUT2D eigenvalue weighted by Crippen LogP contribution is 2.22. The molecule has 0 atom stereocenters. The minimum Gasteiger partial charge on any atom is -0.493 e. The molecule has 0 saturated heterocycles. The van der Waals surface area contributed by atoms with E-state index in [4.69, 9.17) is 9.26 Å². The zero-order valence-corrected chi connectivity index (χ0v) is 14.9. The van der Waals surface area contributed by atoms with Gasteiger partial charge in [-0.25, -0.2) is 0 Å². The molecule has 1 heterocycles. The molecule has 0 spiro atoms. The zero-order valence-electron chi connectivity index (χ0n) is 14.9. The summed E-state index contributed by atoms with van der Waals surface area (Å²) in [4.78, 5) is 16.9. The number of carbonyl (C=O) groups is 1. The fourth-order valence-corrected chi connectivity index (χ4v) is 2.40. The van der Waals surface area contributed by atoms with Crippen molar-refractivity contribution in [3.05, 3.63) is 59.9 Å². The number of amides is 1. The van der Waals surface area contributed by atoms with Crippen molar-refractivity contribution in [3.63, 3.8) is 0 Å². The molecule has 6 nitrogen and oxygen atoms in total. The number of hydrogen-bond acceptors (Lipinski definition) is 5. The number of para-hydroxylation sites is 1. The predicted molar refractivity (Wildman–Crippen MR) is 99.3 cm³/mol. The van der Waals surface area contributed by atoms with Gasteiger partial charge in [-0.3, -0.25) is 4.79 Å². The number of anilines is 1. The Morgan fingerprint density at radius 3 is 2.58 bits per heavy atom. The first-order valence-electron chi connectivity index (χ1n) is 8.67. The summed E-state index contributed by atoms with van der Waals surface area (Å²) in [6.07, 6.45) is 1.60. The number of aromatic nitrogens is 2. The van der Waals surface area contributed by atoms with Crippen LogP contribution in [-0.4, -0.2) is 22.7 Å². The van der Waals surface area contributed by atoms with Gasteiger partial charge in [-0.05, 0) is 42.8 Å². The largest absolute Gasteiger partial charge is 0.493 e. The molecule has 2 aromatic carbocycles. The molecule has 0 fully saturated rings. The lowest BCUT2D eigenvalue weighted by Crippen LogP contribution is -2.13. The third-order valence-electron chi connectivity index (χ3n) is 3.77. The van der Waals surface area contributed by atoms with Crippen LogP contribution in [0.15, 0.2) is 53.1 Å². The summed E-state index contributed by atoms with van der Waals surface area (Å²) in [5.74, 6) is 1.51. The monoisotopic (exact) mass is 351 g/mol. The summed E-state index contributed by atoms with van der Waals surface area (Å²) in [5.41, 5.74) is 2.00. The van der Waals surface area contributed by atoms with E-state index >= 15 is 0 Å². The van der Waals surface area contributed by atoms with E-state index in [1.54, 1.807) is 24.3 Å². The van der Waals surface area contributed by atoms with Crippen LogP contribution < -0.4 is 10.1 Å². The smallest absolute Gasteiger partial charge is 0.259 e. The summed E-state index contributed by atoms with van der Waals surface area (Å²) in [7, 11) is 0. The van der Waals surface area contributed by atoms with Crippen molar-refractivity contribution >= 4 is 11.6 Å². The molecule has 1 N–H and O–H groups in total. The molecule has 0 bridgehead atoms. The minimum atomic E-state index is -0.212. The number of aryl methyl sites for hydroxylation is 1. The van der Waals surface area contributed by atoms with E-state index in [1.807, 2.05) is 38.1 Å². The topological polar surface area (TPSA) is 77.2 Å². The Bertz CT molecular complexity index is 872. The highest BCUT2D eigenvalue weighted by molar-refractivity contribution is 6.06. The Labute approximate surface area is 152 Å². The number of nitrogens with zero attached hydrogens (tertiary/aromatic N) is 2. The maximum absolute atomic E-state index is 12.6. The van der Waals surface area contributed by atoms with E-state index in [0.717, 1.165) is 18.4 Å². The number of ether oxygens (including phenoxy) is 1. The second kappa shape index (κ2) is 8.29. The van der Waals surface area contributed by atoms with Gasteiger partial charge in [-0.2, -0.15) is 4.98 Å². The molecule has 3 aromatic rings. The molecular formula is C20H21N3O3. The number of hydrogen-bond donors (Lipinski definition) is 1. The van der Waals surface area contributed by atoms with Crippen LogP contribution in [0, 0.1) is 0 Å². The summed E-state index contributed by atoms with van der Waals surface area (Å²) in [5, 5.41) is 6.77. The number of benzene rings is 2. The standard InChI is InChI=1S/C20H21N3O3/c1-3-13-25-17-8-6-5-7-16(17)19(24)21-15-11-9-14(10-12-15)20-22-18(4-2)23-26-20/h5-12H,3-4,13H2,1-2H3,(H,21,24). The fourth-order valence-electron chi connectivity index (χ4n) is 2.40. The third kappa shape index (κ3) is 4.08. The Morgan fingerprint density at radius 2 is 1.88 bits per heavy atom. The lowest BCUT2D eigenvalue weighted by atomic mass is 10.1. The quantitative estimate of drug-likeness (QED) is 0.685. The van der Waals surface area contributed by atoms with Crippen molar-refractivity contribution in [2.24, 2.45) is 0 Å². The van der Waals surface area contributed by atoms with Crippen LogP contribution in [0.2, 0.25) is 0 Å². The molecule has 0 aliphatic heterocycles. The molecule has 1 amide bonds. The van der Waals surface area contributed by atoms with Gasteiger partial charge in [0, 0.05) is 17.7 Å². The Balaban J connectivity index is 1.72. The van der Waals surface area contributed by atoms with E-state index in [0.29, 0.717) is 35.3 Å². The Morgan fingerprint density at radius 1 is 1.12 bits per heavy atom. The van der Waals surface area contributed by atoms with Gasteiger partial charge in [-0.1, -0.05) is 31.1 Å². The van der Waals surface area contributed by atoms with E-state index < -0.39 is 0 Å². The Hall–Kier alpha value is -3.15.